The van der Waals surface area contributed by atoms with Crippen LogP contribution in [-0.2, 0) is 6.42 Å². The van der Waals surface area contributed by atoms with E-state index in [1.807, 2.05) is 7.05 Å². The summed E-state index contributed by atoms with van der Waals surface area (Å²) >= 11 is 0. The van der Waals surface area contributed by atoms with E-state index in [-0.39, 0.29) is 0 Å². The van der Waals surface area contributed by atoms with Gasteiger partial charge >= 0.3 is 0 Å². The summed E-state index contributed by atoms with van der Waals surface area (Å²) in [6, 6.07) is 8.43. The SMILES string of the molecule is CNCCCOc1ccccc1CCCC(C)C. The fourth-order valence-corrected chi connectivity index (χ4v) is 1.98. The smallest absolute Gasteiger partial charge is 0.122 e. The molecule has 0 heterocycles. The van der Waals surface area contributed by atoms with E-state index in [0.717, 1.165) is 37.7 Å². The van der Waals surface area contributed by atoms with Crippen molar-refractivity contribution in [1.29, 1.82) is 0 Å². The fraction of sp³-hybridized carbons (Fsp3) is 0.625. The van der Waals surface area contributed by atoms with Gasteiger partial charge < -0.3 is 10.1 Å². The summed E-state index contributed by atoms with van der Waals surface area (Å²) in [5.74, 6) is 1.85. The molecule has 0 aromatic heterocycles. The second kappa shape index (κ2) is 8.98. The molecule has 0 radical (unpaired) electrons. The second-order valence-corrected chi connectivity index (χ2v) is 5.20. The molecule has 0 amide bonds. The molecule has 0 unspecified atom stereocenters. The normalized spacial score (nSPS) is 10.9. The minimum Gasteiger partial charge on any atom is -0.493 e. The molecular weight excluding hydrogens is 222 g/mol. The van der Waals surface area contributed by atoms with Crippen molar-refractivity contribution in [3.63, 3.8) is 0 Å². The molecule has 1 rings (SSSR count). The van der Waals surface area contributed by atoms with E-state index in [4.69, 9.17) is 4.74 Å². The van der Waals surface area contributed by atoms with E-state index < -0.39 is 0 Å². The molecular formula is C16H27NO. The van der Waals surface area contributed by atoms with Gasteiger partial charge in [0.1, 0.15) is 5.75 Å². The highest BCUT2D eigenvalue weighted by atomic mass is 16.5. The number of nitrogens with one attached hydrogen (secondary N) is 1. The molecule has 0 aliphatic heterocycles. The Kier molecular flexibility index (Phi) is 7.51. The molecule has 0 aliphatic rings. The van der Waals surface area contributed by atoms with Crippen LogP contribution in [0.3, 0.4) is 0 Å². The summed E-state index contributed by atoms with van der Waals surface area (Å²) in [4.78, 5) is 0. The average molecular weight is 249 g/mol. The van der Waals surface area contributed by atoms with E-state index in [1.165, 1.54) is 18.4 Å². The number of benzene rings is 1. The third kappa shape index (κ3) is 6.06. The van der Waals surface area contributed by atoms with Crippen LogP contribution in [0.2, 0.25) is 0 Å². The minimum atomic E-state index is 0.786. The Balaban J connectivity index is 2.40. The molecule has 0 spiro atoms. The third-order valence-corrected chi connectivity index (χ3v) is 3.03. The maximum Gasteiger partial charge on any atom is 0.122 e. The largest absolute Gasteiger partial charge is 0.493 e. The van der Waals surface area contributed by atoms with Crippen molar-refractivity contribution in [2.24, 2.45) is 5.92 Å². The van der Waals surface area contributed by atoms with Crippen LogP contribution < -0.4 is 10.1 Å². The van der Waals surface area contributed by atoms with Crippen molar-refractivity contribution in [2.45, 2.75) is 39.5 Å². The Morgan fingerprint density at radius 3 is 2.67 bits per heavy atom. The number of hydrogen-bond donors (Lipinski definition) is 1. The summed E-state index contributed by atoms with van der Waals surface area (Å²) < 4.78 is 5.86. The molecule has 2 heteroatoms. The maximum atomic E-state index is 5.86. The zero-order chi connectivity index (χ0) is 13.2. The van der Waals surface area contributed by atoms with E-state index in [0.29, 0.717) is 0 Å². The number of hydrogen-bond acceptors (Lipinski definition) is 2. The molecule has 0 fully saturated rings. The van der Waals surface area contributed by atoms with E-state index in [9.17, 15) is 0 Å². The molecule has 1 aromatic carbocycles. The fourth-order valence-electron chi connectivity index (χ4n) is 1.98. The highest BCUT2D eigenvalue weighted by molar-refractivity contribution is 5.33. The van der Waals surface area contributed by atoms with Gasteiger partial charge in [0.05, 0.1) is 6.61 Å². The minimum absolute atomic E-state index is 0.786. The average Bonchev–Trinajstić information content (AvgIpc) is 2.36. The van der Waals surface area contributed by atoms with Gasteiger partial charge in [0.25, 0.3) is 0 Å². The molecule has 18 heavy (non-hydrogen) atoms. The first kappa shape index (κ1) is 15.0. The Bertz CT molecular complexity index is 323. The van der Waals surface area contributed by atoms with E-state index in [2.05, 4.69) is 43.4 Å². The summed E-state index contributed by atoms with van der Waals surface area (Å²) in [5, 5.41) is 3.14. The van der Waals surface area contributed by atoms with Crippen LogP contribution in [0, 0.1) is 5.92 Å². The van der Waals surface area contributed by atoms with Crippen molar-refractivity contribution in [2.75, 3.05) is 20.2 Å². The zero-order valence-electron chi connectivity index (χ0n) is 12.0. The lowest BCUT2D eigenvalue weighted by Crippen LogP contribution is -2.12. The summed E-state index contributed by atoms with van der Waals surface area (Å²) in [5.41, 5.74) is 1.35. The predicted octanol–water partition coefficient (Wildman–Crippen LogP) is 3.65. The number of aryl methyl sites for hydroxylation is 1. The second-order valence-electron chi connectivity index (χ2n) is 5.20. The topological polar surface area (TPSA) is 21.3 Å². The summed E-state index contributed by atoms with van der Waals surface area (Å²) in [7, 11) is 1.97. The Hall–Kier alpha value is -1.02. The lowest BCUT2D eigenvalue weighted by molar-refractivity contribution is 0.306. The third-order valence-electron chi connectivity index (χ3n) is 3.03. The van der Waals surface area contributed by atoms with Crippen LogP contribution in [0.4, 0.5) is 0 Å². The van der Waals surface area contributed by atoms with Gasteiger partial charge in [0.15, 0.2) is 0 Å². The Morgan fingerprint density at radius 1 is 1.17 bits per heavy atom. The van der Waals surface area contributed by atoms with Gasteiger partial charge in [-0.2, -0.15) is 0 Å². The molecule has 0 saturated carbocycles. The molecule has 0 aliphatic carbocycles. The van der Waals surface area contributed by atoms with Crippen LogP contribution in [0.5, 0.6) is 5.75 Å². The van der Waals surface area contributed by atoms with Gasteiger partial charge in [-0.3, -0.25) is 0 Å². The monoisotopic (exact) mass is 249 g/mol. The van der Waals surface area contributed by atoms with Gasteiger partial charge in [-0.25, -0.2) is 0 Å². The van der Waals surface area contributed by atoms with Crippen molar-refractivity contribution < 1.29 is 4.74 Å². The highest BCUT2D eigenvalue weighted by Gasteiger charge is 2.03. The number of rotatable bonds is 9. The molecule has 1 N–H and O–H groups in total. The zero-order valence-corrected chi connectivity index (χ0v) is 12.0. The summed E-state index contributed by atoms with van der Waals surface area (Å²) in [6.45, 7) is 6.36. The quantitative estimate of drug-likeness (QED) is 0.674. The van der Waals surface area contributed by atoms with Crippen LogP contribution in [0.1, 0.15) is 38.7 Å². The van der Waals surface area contributed by atoms with Gasteiger partial charge in [0, 0.05) is 0 Å². The molecule has 102 valence electrons. The summed E-state index contributed by atoms with van der Waals surface area (Å²) in [6.07, 6.45) is 4.71. The van der Waals surface area contributed by atoms with Gasteiger partial charge in [-0.1, -0.05) is 38.5 Å². The number of ether oxygens (including phenoxy) is 1. The van der Waals surface area contributed by atoms with Gasteiger partial charge in [-0.05, 0) is 50.4 Å². The first-order valence-corrected chi connectivity index (χ1v) is 7.09. The van der Waals surface area contributed by atoms with Gasteiger partial charge in [-0.15, -0.1) is 0 Å². The van der Waals surface area contributed by atoms with E-state index in [1.54, 1.807) is 0 Å². The van der Waals surface area contributed by atoms with E-state index >= 15 is 0 Å². The van der Waals surface area contributed by atoms with Crippen molar-refractivity contribution in [1.82, 2.24) is 5.32 Å². The lowest BCUT2D eigenvalue weighted by Gasteiger charge is -2.12. The first-order valence-electron chi connectivity index (χ1n) is 7.09. The molecule has 0 atom stereocenters. The van der Waals surface area contributed by atoms with Crippen LogP contribution in [-0.4, -0.2) is 20.2 Å². The highest BCUT2D eigenvalue weighted by Crippen LogP contribution is 2.21. The molecule has 0 saturated heterocycles. The van der Waals surface area contributed by atoms with Crippen LogP contribution in [0.15, 0.2) is 24.3 Å². The number of para-hydroxylation sites is 1. The first-order chi connectivity index (χ1) is 8.74. The van der Waals surface area contributed by atoms with Crippen LogP contribution in [0.25, 0.3) is 0 Å². The van der Waals surface area contributed by atoms with Crippen molar-refractivity contribution >= 4 is 0 Å². The molecule has 2 nitrogen and oxygen atoms in total. The molecule has 0 bridgehead atoms. The lowest BCUT2D eigenvalue weighted by atomic mass is 10.0. The van der Waals surface area contributed by atoms with Crippen molar-refractivity contribution in [3.05, 3.63) is 29.8 Å². The Labute approximate surface area is 112 Å². The van der Waals surface area contributed by atoms with Crippen LogP contribution >= 0.6 is 0 Å². The Morgan fingerprint density at radius 2 is 1.94 bits per heavy atom. The van der Waals surface area contributed by atoms with Crippen molar-refractivity contribution in [3.8, 4) is 5.75 Å². The predicted molar refractivity (Wildman–Crippen MR) is 78.3 cm³/mol. The van der Waals surface area contributed by atoms with Gasteiger partial charge in [0.2, 0.25) is 0 Å². The standard InChI is InChI=1S/C16H27NO/c1-14(2)8-6-10-15-9-4-5-11-16(15)18-13-7-12-17-3/h4-5,9,11,14,17H,6-8,10,12-13H2,1-3H3. The maximum absolute atomic E-state index is 5.86. The molecule has 1 aromatic rings.